The number of rotatable bonds is 1. The lowest BCUT2D eigenvalue weighted by atomic mass is 10.2. The molecule has 1 heterocycles. The minimum Gasteiger partial charge on any atom is -0.371 e. The summed E-state index contributed by atoms with van der Waals surface area (Å²) in [6, 6.07) is 8.51. The summed E-state index contributed by atoms with van der Waals surface area (Å²) in [6.45, 7) is 5.91. The van der Waals surface area contributed by atoms with Crippen LogP contribution in [0.5, 0.6) is 0 Å². The summed E-state index contributed by atoms with van der Waals surface area (Å²) < 4.78 is 0. The smallest absolute Gasteiger partial charge is 0.213 e. The zero-order valence-corrected chi connectivity index (χ0v) is 11.2. The van der Waals surface area contributed by atoms with E-state index in [4.69, 9.17) is 5.84 Å². The van der Waals surface area contributed by atoms with Crippen LogP contribution >= 0.6 is 0 Å². The van der Waals surface area contributed by atoms with E-state index in [-0.39, 0.29) is 6.04 Å². The number of nitrogens with two attached hydrogens (primary N) is 1. The molecular weight excluding hydrogens is 226 g/mol. The van der Waals surface area contributed by atoms with E-state index >= 15 is 0 Å². The third-order valence-corrected chi connectivity index (χ3v) is 3.01. The van der Waals surface area contributed by atoms with Crippen molar-refractivity contribution in [1.82, 2.24) is 5.43 Å². The van der Waals surface area contributed by atoms with Crippen molar-refractivity contribution in [2.24, 2.45) is 10.8 Å². The molecule has 98 valence electrons. The van der Waals surface area contributed by atoms with Gasteiger partial charge in [-0.3, -0.25) is 5.43 Å². The van der Waals surface area contributed by atoms with Gasteiger partial charge in [-0.15, -0.1) is 0 Å². The van der Waals surface area contributed by atoms with Gasteiger partial charge in [-0.2, -0.15) is 0 Å². The topological polar surface area (TPSA) is 56.9 Å². The molecule has 0 bridgehead atoms. The van der Waals surface area contributed by atoms with Crippen LogP contribution in [0.3, 0.4) is 0 Å². The number of hydrazine groups is 1. The molecule has 0 aliphatic carbocycles. The Hall–Kier alpha value is -1.75. The van der Waals surface area contributed by atoms with Gasteiger partial charge < -0.3 is 9.80 Å². The predicted octanol–water partition coefficient (Wildman–Crippen LogP) is 1.17. The monoisotopic (exact) mass is 247 g/mol. The molecule has 0 fully saturated rings. The number of likely N-dealkylation sites (N-methyl/N-ethyl adjacent to an activating group) is 1. The van der Waals surface area contributed by atoms with Crippen LogP contribution in [0.15, 0.2) is 29.3 Å². The standard InChI is InChI=1S/C13H21N5/c1-10(2)15-13(16-14)18-9-8-17(3)11-6-4-5-7-12(11)18/h4-7,10H,8-9,14H2,1-3H3,(H,15,16). The number of guanidine groups is 1. The average Bonchev–Trinajstić information content (AvgIpc) is 2.37. The van der Waals surface area contributed by atoms with Gasteiger partial charge in [-0.1, -0.05) is 12.1 Å². The Balaban J connectivity index is 2.39. The quantitative estimate of drug-likeness (QED) is 0.338. The predicted molar refractivity (Wildman–Crippen MR) is 77.0 cm³/mol. The summed E-state index contributed by atoms with van der Waals surface area (Å²) in [5, 5.41) is 0. The molecule has 0 radical (unpaired) electrons. The summed E-state index contributed by atoms with van der Waals surface area (Å²) in [5.74, 6) is 6.33. The Morgan fingerprint density at radius 2 is 1.94 bits per heavy atom. The molecule has 1 aromatic carbocycles. The van der Waals surface area contributed by atoms with E-state index in [1.54, 1.807) is 0 Å². The van der Waals surface area contributed by atoms with Gasteiger partial charge in [-0.25, -0.2) is 10.8 Å². The third-order valence-electron chi connectivity index (χ3n) is 3.01. The van der Waals surface area contributed by atoms with Crippen LogP contribution < -0.4 is 21.1 Å². The maximum absolute atomic E-state index is 5.61. The van der Waals surface area contributed by atoms with Crippen LogP contribution in [-0.4, -0.2) is 32.1 Å². The Morgan fingerprint density at radius 3 is 2.56 bits per heavy atom. The fraction of sp³-hybridized carbons (Fsp3) is 0.462. The van der Waals surface area contributed by atoms with Gasteiger partial charge in [-0.05, 0) is 26.0 Å². The first-order chi connectivity index (χ1) is 8.63. The Kier molecular flexibility index (Phi) is 3.72. The number of anilines is 2. The molecule has 0 unspecified atom stereocenters. The first-order valence-corrected chi connectivity index (χ1v) is 6.25. The van der Waals surface area contributed by atoms with Crippen LogP contribution in [0.2, 0.25) is 0 Å². The SMILES string of the molecule is CC(C)N=C(NN)N1CCN(C)c2ccccc21. The molecule has 0 saturated heterocycles. The fourth-order valence-electron chi connectivity index (χ4n) is 2.16. The normalized spacial score (nSPS) is 15.9. The van der Waals surface area contributed by atoms with Crippen molar-refractivity contribution in [2.75, 3.05) is 29.9 Å². The number of para-hydroxylation sites is 2. The van der Waals surface area contributed by atoms with E-state index in [2.05, 4.69) is 39.4 Å². The maximum atomic E-state index is 5.61. The van der Waals surface area contributed by atoms with Gasteiger partial charge in [0.2, 0.25) is 5.96 Å². The van der Waals surface area contributed by atoms with E-state index in [0.717, 1.165) is 24.7 Å². The van der Waals surface area contributed by atoms with Crippen molar-refractivity contribution in [1.29, 1.82) is 0 Å². The zero-order chi connectivity index (χ0) is 13.1. The molecule has 0 saturated carbocycles. The number of nitrogens with zero attached hydrogens (tertiary/aromatic N) is 3. The maximum Gasteiger partial charge on any atom is 0.213 e. The highest BCUT2D eigenvalue weighted by molar-refractivity contribution is 5.99. The highest BCUT2D eigenvalue weighted by Crippen LogP contribution is 2.31. The van der Waals surface area contributed by atoms with Gasteiger partial charge in [0.25, 0.3) is 0 Å². The lowest BCUT2D eigenvalue weighted by Crippen LogP contribution is -2.50. The Labute approximate surface area is 108 Å². The fourth-order valence-corrected chi connectivity index (χ4v) is 2.16. The van der Waals surface area contributed by atoms with E-state index in [1.807, 2.05) is 26.0 Å². The molecule has 1 aliphatic rings. The van der Waals surface area contributed by atoms with Crippen LogP contribution in [-0.2, 0) is 0 Å². The molecule has 0 spiro atoms. The largest absolute Gasteiger partial charge is 0.371 e. The first kappa shape index (κ1) is 12.7. The lowest BCUT2D eigenvalue weighted by Gasteiger charge is -2.37. The minimum atomic E-state index is 0.211. The second-order valence-corrected chi connectivity index (χ2v) is 4.75. The van der Waals surface area contributed by atoms with Gasteiger partial charge in [0.1, 0.15) is 0 Å². The summed E-state index contributed by atoms with van der Waals surface area (Å²) in [4.78, 5) is 8.91. The van der Waals surface area contributed by atoms with E-state index < -0.39 is 0 Å². The van der Waals surface area contributed by atoms with Gasteiger partial charge in [0.15, 0.2) is 0 Å². The number of fused-ring (bicyclic) bond motifs is 1. The van der Waals surface area contributed by atoms with Gasteiger partial charge in [0.05, 0.1) is 11.4 Å². The molecule has 5 heteroatoms. The summed E-state index contributed by atoms with van der Waals surface area (Å²) >= 11 is 0. The van der Waals surface area contributed by atoms with Crippen molar-refractivity contribution < 1.29 is 0 Å². The van der Waals surface area contributed by atoms with E-state index in [0.29, 0.717) is 0 Å². The Bertz CT molecular complexity index is 441. The molecule has 0 amide bonds. The van der Waals surface area contributed by atoms with E-state index in [1.165, 1.54) is 5.69 Å². The summed E-state index contributed by atoms with van der Waals surface area (Å²) in [5.41, 5.74) is 5.06. The molecule has 0 atom stereocenters. The van der Waals surface area contributed by atoms with E-state index in [9.17, 15) is 0 Å². The summed E-state index contributed by atoms with van der Waals surface area (Å²) in [7, 11) is 2.10. The van der Waals surface area contributed by atoms with Gasteiger partial charge >= 0.3 is 0 Å². The number of aliphatic imine (C=N–C) groups is 1. The molecule has 0 aromatic heterocycles. The van der Waals surface area contributed by atoms with Gasteiger partial charge in [0, 0.05) is 26.2 Å². The molecule has 18 heavy (non-hydrogen) atoms. The van der Waals surface area contributed by atoms with Crippen molar-refractivity contribution >= 4 is 17.3 Å². The van der Waals surface area contributed by atoms with Crippen LogP contribution in [0, 0.1) is 0 Å². The molecule has 2 rings (SSSR count). The third kappa shape index (κ3) is 2.41. The van der Waals surface area contributed by atoms with Crippen LogP contribution in [0.4, 0.5) is 11.4 Å². The highest BCUT2D eigenvalue weighted by atomic mass is 15.4. The number of hydrogen-bond donors (Lipinski definition) is 2. The highest BCUT2D eigenvalue weighted by Gasteiger charge is 2.23. The number of hydrogen-bond acceptors (Lipinski definition) is 3. The van der Waals surface area contributed by atoms with Crippen molar-refractivity contribution in [3.05, 3.63) is 24.3 Å². The van der Waals surface area contributed by atoms with Crippen LogP contribution in [0.25, 0.3) is 0 Å². The minimum absolute atomic E-state index is 0.211. The molecular formula is C13H21N5. The van der Waals surface area contributed by atoms with Crippen LogP contribution in [0.1, 0.15) is 13.8 Å². The zero-order valence-electron chi connectivity index (χ0n) is 11.2. The second kappa shape index (κ2) is 5.27. The average molecular weight is 247 g/mol. The number of benzene rings is 1. The van der Waals surface area contributed by atoms with Crippen molar-refractivity contribution in [2.45, 2.75) is 19.9 Å². The molecule has 1 aliphatic heterocycles. The lowest BCUT2D eigenvalue weighted by molar-refractivity contribution is 0.775. The molecule has 5 nitrogen and oxygen atoms in total. The van der Waals surface area contributed by atoms with Crippen molar-refractivity contribution in [3.63, 3.8) is 0 Å². The molecule has 1 aromatic rings. The second-order valence-electron chi connectivity index (χ2n) is 4.75. The number of nitrogens with one attached hydrogen (secondary N) is 1. The van der Waals surface area contributed by atoms with Crippen molar-refractivity contribution in [3.8, 4) is 0 Å². The molecule has 3 N–H and O–H groups in total. The first-order valence-electron chi connectivity index (χ1n) is 6.25. The Morgan fingerprint density at radius 1 is 1.28 bits per heavy atom. The summed E-state index contributed by atoms with van der Waals surface area (Å²) in [6.07, 6.45) is 0.